The summed E-state index contributed by atoms with van der Waals surface area (Å²) in [7, 11) is 0. The smallest absolute Gasteiger partial charge is 0.128 e. The van der Waals surface area contributed by atoms with Crippen molar-refractivity contribution in [1.29, 1.82) is 0 Å². The van der Waals surface area contributed by atoms with E-state index in [4.69, 9.17) is 10.5 Å². The minimum Gasteiger partial charge on any atom is -0.490 e. The molecule has 20 heavy (non-hydrogen) atoms. The second kappa shape index (κ2) is 4.91. The lowest BCUT2D eigenvalue weighted by atomic mass is 9.96. The van der Waals surface area contributed by atoms with Crippen molar-refractivity contribution in [2.24, 2.45) is 5.73 Å². The number of ether oxygens (including phenoxy) is 1. The predicted octanol–water partition coefficient (Wildman–Crippen LogP) is 3.51. The molecule has 1 heterocycles. The van der Waals surface area contributed by atoms with Crippen LogP contribution < -0.4 is 10.5 Å². The lowest BCUT2D eigenvalue weighted by Crippen LogP contribution is -2.14. The molecule has 0 bridgehead atoms. The highest BCUT2D eigenvalue weighted by atomic mass is 19.1. The first-order valence-electron chi connectivity index (χ1n) is 6.85. The second-order valence-electron chi connectivity index (χ2n) is 5.50. The van der Waals surface area contributed by atoms with E-state index < -0.39 is 6.04 Å². The first-order valence-corrected chi connectivity index (χ1v) is 6.85. The molecule has 2 aromatic rings. The number of fused-ring (bicyclic) bond motifs is 1. The second-order valence-corrected chi connectivity index (χ2v) is 5.50. The standard InChI is InChI=1S/C17H18FNO/c1-10-3-5-14(15(18)7-10)17(19)12-4-6-16-13(9-12)8-11(2)20-16/h3-7,9,11,17H,8,19H2,1-2H3. The van der Waals surface area contributed by atoms with Gasteiger partial charge in [0.2, 0.25) is 0 Å². The zero-order valence-electron chi connectivity index (χ0n) is 11.7. The molecule has 0 amide bonds. The van der Waals surface area contributed by atoms with Crippen LogP contribution in [0, 0.1) is 12.7 Å². The lowest BCUT2D eigenvalue weighted by Gasteiger charge is -2.15. The van der Waals surface area contributed by atoms with Crippen molar-refractivity contribution in [3.8, 4) is 5.75 Å². The van der Waals surface area contributed by atoms with Crippen LogP contribution in [-0.4, -0.2) is 6.10 Å². The maximum Gasteiger partial charge on any atom is 0.128 e. The van der Waals surface area contributed by atoms with Crippen molar-refractivity contribution in [2.45, 2.75) is 32.4 Å². The Hall–Kier alpha value is -1.87. The van der Waals surface area contributed by atoms with E-state index in [1.54, 1.807) is 6.07 Å². The van der Waals surface area contributed by atoms with E-state index in [-0.39, 0.29) is 11.9 Å². The Morgan fingerprint density at radius 3 is 2.80 bits per heavy atom. The van der Waals surface area contributed by atoms with Crippen molar-refractivity contribution >= 4 is 0 Å². The Labute approximate surface area is 118 Å². The van der Waals surface area contributed by atoms with Crippen LogP contribution in [0.25, 0.3) is 0 Å². The van der Waals surface area contributed by atoms with Gasteiger partial charge in [-0.1, -0.05) is 24.3 Å². The largest absolute Gasteiger partial charge is 0.490 e. The summed E-state index contributed by atoms with van der Waals surface area (Å²) in [5.41, 5.74) is 9.71. The van der Waals surface area contributed by atoms with E-state index in [9.17, 15) is 4.39 Å². The molecular formula is C17H18FNO. The number of benzene rings is 2. The first kappa shape index (κ1) is 13.1. The summed E-state index contributed by atoms with van der Waals surface area (Å²) in [5.74, 6) is 0.667. The van der Waals surface area contributed by atoms with Gasteiger partial charge in [0.1, 0.15) is 17.7 Å². The van der Waals surface area contributed by atoms with E-state index in [0.29, 0.717) is 5.56 Å². The summed E-state index contributed by atoms with van der Waals surface area (Å²) in [4.78, 5) is 0. The molecule has 0 saturated heterocycles. The molecule has 2 unspecified atom stereocenters. The van der Waals surface area contributed by atoms with Crippen molar-refractivity contribution in [1.82, 2.24) is 0 Å². The average Bonchev–Trinajstić information content (AvgIpc) is 2.77. The van der Waals surface area contributed by atoms with E-state index in [0.717, 1.165) is 28.9 Å². The van der Waals surface area contributed by atoms with Crippen molar-refractivity contribution < 1.29 is 9.13 Å². The Kier molecular flexibility index (Phi) is 3.22. The number of nitrogens with two attached hydrogens (primary N) is 1. The molecule has 0 aliphatic carbocycles. The molecule has 0 saturated carbocycles. The fraction of sp³-hybridized carbons (Fsp3) is 0.294. The molecule has 104 valence electrons. The number of halogens is 1. The van der Waals surface area contributed by atoms with Gasteiger partial charge in [-0.15, -0.1) is 0 Å². The van der Waals surface area contributed by atoms with Gasteiger partial charge in [0.25, 0.3) is 0 Å². The van der Waals surface area contributed by atoms with Crippen LogP contribution in [0.4, 0.5) is 4.39 Å². The molecule has 2 atom stereocenters. The Balaban J connectivity index is 1.95. The summed E-state index contributed by atoms with van der Waals surface area (Å²) >= 11 is 0. The Bertz CT molecular complexity index is 653. The molecule has 1 aliphatic heterocycles. The topological polar surface area (TPSA) is 35.2 Å². The fourth-order valence-electron chi connectivity index (χ4n) is 2.70. The maximum atomic E-state index is 14.0. The van der Waals surface area contributed by atoms with E-state index in [1.807, 2.05) is 38.1 Å². The molecule has 0 spiro atoms. The molecule has 0 fully saturated rings. The monoisotopic (exact) mass is 271 g/mol. The third-order valence-electron chi connectivity index (χ3n) is 3.77. The van der Waals surface area contributed by atoms with Gasteiger partial charge in [-0.25, -0.2) is 4.39 Å². The zero-order chi connectivity index (χ0) is 14.3. The third kappa shape index (κ3) is 2.29. The number of hydrogen-bond acceptors (Lipinski definition) is 2. The normalized spacial score (nSPS) is 18.5. The average molecular weight is 271 g/mol. The van der Waals surface area contributed by atoms with Gasteiger partial charge in [0.15, 0.2) is 0 Å². The molecule has 1 aliphatic rings. The molecule has 2 aromatic carbocycles. The van der Waals surface area contributed by atoms with E-state index in [1.165, 1.54) is 6.07 Å². The van der Waals surface area contributed by atoms with Crippen molar-refractivity contribution in [3.63, 3.8) is 0 Å². The first-order chi connectivity index (χ1) is 9.54. The number of aryl methyl sites for hydroxylation is 1. The van der Waals surface area contributed by atoms with Crippen LogP contribution in [0.5, 0.6) is 5.75 Å². The summed E-state index contributed by atoms with van der Waals surface area (Å²) in [5, 5.41) is 0. The van der Waals surface area contributed by atoms with Gasteiger partial charge in [-0.05, 0) is 42.7 Å². The molecule has 2 N–H and O–H groups in total. The molecule has 0 radical (unpaired) electrons. The maximum absolute atomic E-state index is 14.0. The highest BCUT2D eigenvalue weighted by Crippen LogP contribution is 2.32. The molecule has 3 rings (SSSR count). The van der Waals surface area contributed by atoms with Gasteiger partial charge in [0, 0.05) is 12.0 Å². The fourth-order valence-corrected chi connectivity index (χ4v) is 2.70. The summed E-state index contributed by atoms with van der Waals surface area (Å²) in [6, 6.07) is 10.6. The van der Waals surface area contributed by atoms with Crippen molar-refractivity contribution in [2.75, 3.05) is 0 Å². The van der Waals surface area contributed by atoms with Gasteiger partial charge < -0.3 is 10.5 Å². The van der Waals surface area contributed by atoms with Crippen LogP contribution in [0.3, 0.4) is 0 Å². The molecule has 3 heteroatoms. The highest BCUT2D eigenvalue weighted by Gasteiger charge is 2.21. The quantitative estimate of drug-likeness (QED) is 0.907. The number of hydrogen-bond donors (Lipinski definition) is 1. The lowest BCUT2D eigenvalue weighted by molar-refractivity contribution is 0.254. The molecule has 0 aromatic heterocycles. The van der Waals surface area contributed by atoms with Gasteiger partial charge >= 0.3 is 0 Å². The SMILES string of the molecule is Cc1ccc(C(N)c2ccc3c(c2)CC(C)O3)c(F)c1. The summed E-state index contributed by atoms with van der Waals surface area (Å²) in [6.07, 6.45) is 1.08. The van der Waals surface area contributed by atoms with Crippen LogP contribution in [0.2, 0.25) is 0 Å². The van der Waals surface area contributed by atoms with Crippen LogP contribution in [-0.2, 0) is 6.42 Å². The Morgan fingerprint density at radius 1 is 1.25 bits per heavy atom. The minimum atomic E-state index is -0.447. The van der Waals surface area contributed by atoms with Crippen LogP contribution in [0.1, 0.15) is 35.2 Å². The van der Waals surface area contributed by atoms with Gasteiger partial charge in [-0.3, -0.25) is 0 Å². The van der Waals surface area contributed by atoms with Crippen LogP contribution >= 0.6 is 0 Å². The summed E-state index contributed by atoms with van der Waals surface area (Å²) < 4.78 is 19.7. The predicted molar refractivity (Wildman–Crippen MR) is 77.4 cm³/mol. The van der Waals surface area contributed by atoms with Gasteiger partial charge in [0.05, 0.1) is 6.04 Å². The van der Waals surface area contributed by atoms with E-state index >= 15 is 0 Å². The van der Waals surface area contributed by atoms with E-state index in [2.05, 4.69) is 0 Å². The minimum absolute atomic E-state index is 0.201. The molecular weight excluding hydrogens is 253 g/mol. The number of rotatable bonds is 2. The molecule has 2 nitrogen and oxygen atoms in total. The Morgan fingerprint density at radius 2 is 2.05 bits per heavy atom. The van der Waals surface area contributed by atoms with Gasteiger partial charge in [-0.2, -0.15) is 0 Å². The van der Waals surface area contributed by atoms with Crippen LogP contribution in [0.15, 0.2) is 36.4 Å². The third-order valence-corrected chi connectivity index (χ3v) is 3.77. The zero-order valence-corrected chi connectivity index (χ0v) is 11.7. The highest BCUT2D eigenvalue weighted by molar-refractivity contribution is 5.44. The van der Waals surface area contributed by atoms with Crippen molar-refractivity contribution in [3.05, 3.63) is 64.5 Å². The summed E-state index contributed by atoms with van der Waals surface area (Å²) in [6.45, 7) is 3.91.